The molecule has 1 amide bonds. The van der Waals surface area contributed by atoms with Crippen LogP contribution in [0.15, 0.2) is 58.8 Å². The van der Waals surface area contributed by atoms with Gasteiger partial charge in [0.1, 0.15) is 0 Å². The second-order valence-corrected chi connectivity index (χ2v) is 12.4. The van der Waals surface area contributed by atoms with Crippen molar-refractivity contribution < 1.29 is 13.2 Å². The van der Waals surface area contributed by atoms with Crippen LogP contribution in [0.4, 0.5) is 5.13 Å². The van der Waals surface area contributed by atoms with Gasteiger partial charge >= 0.3 is 0 Å². The van der Waals surface area contributed by atoms with Crippen LogP contribution >= 0.6 is 22.7 Å². The Morgan fingerprint density at radius 1 is 1.06 bits per heavy atom. The first kappa shape index (κ1) is 22.3. The number of hydrogen-bond donors (Lipinski definition) is 0. The molecule has 0 unspecified atom stereocenters. The van der Waals surface area contributed by atoms with Crippen molar-refractivity contribution in [1.82, 2.24) is 4.98 Å². The Kier molecular flexibility index (Phi) is 6.07. The first-order valence-corrected chi connectivity index (χ1v) is 14.5. The van der Waals surface area contributed by atoms with E-state index in [0.29, 0.717) is 22.8 Å². The summed E-state index contributed by atoms with van der Waals surface area (Å²) in [6.45, 7) is 0.509. The molecule has 0 bridgehead atoms. The summed E-state index contributed by atoms with van der Waals surface area (Å²) < 4.78 is 24.7. The number of rotatable bonds is 6. The van der Waals surface area contributed by atoms with Gasteiger partial charge in [-0.1, -0.05) is 23.5 Å². The van der Waals surface area contributed by atoms with E-state index in [-0.39, 0.29) is 10.8 Å². The molecule has 33 heavy (non-hydrogen) atoms. The van der Waals surface area contributed by atoms with Gasteiger partial charge in [-0.25, -0.2) is 13.4 Å². The number of fused-ring (bicyclic) bond motifs is 2. The van der Waals surface area contributed by atoms with Gasteiger partial charge in [-0.3, -0.25) is 9.69 Å². The summed E-state index contributed by atoms with van der Waals surface area (Å²) in [6.07, 6.45) is 6.39. The molecule has 0 saturated heterocycles. The fourth-order valence-corrected chi connectivity index (χ4v) is 6.67. The monoisotopic (exact) mass is 496 g/mol. The SMILES string of the molecule is CS(=O)(=O)c1ccc2nc(N(CCc3cccs3)C(=O)c3ccc4c(c3)CCCC4)sc2c1. The highest BCUT2D eigenvalue weighted by atomic mass is 32.2. The predicted molar refractivity (Wildman–Crippen MR) is 136 cm³/mol. The predicted octanol–water partition coefficient (Wildman–Crippen LogP) is 5.53. The molecule has 5 nitrogen and oxygen atoms in total. The minimum atomic E-state index is -3.31. The lowest BCUT2D eigenvalue weighted by atomic mass is 9.90. The van der Waals surface area contributed by atoms with E-state index in [1.54, 1.807) is 34.4 Å². The fraction of sp³-hybridized carbons (Fsp3) is 0.280. The molecule has 2 aromatic heterocycles. The third-order valence-corrected chi connectivity index (χ3v) is 9.10. The minimum absolute atomic E-state index is 0.0673. The van der Waals surface area contributed by atoms with Crippen LogP contribution in [-0.4, -0.2) is 32.1 Å². The topological polar surface area (TPSA) is 67.3 Å². The van der Waals surface area contributed by atoms with Crippen LogP contribution in [0.2, 0.25) is 0 Å². The molecule has 4 aromatic rings. The highest BCUT2D eigenvalue weighted by molar-refractivity contribution is 7.90. The number of nitrogens with zero attached hydrogens (tertiary/aromatic N) is 2. The number of aryl methyl sites for hydroxylation is 2. The van der Waals surface area contributed by atoms with E-state index in [9.17, 15) is 13.2 Å². The van der Waals surface area contributed by atoms with Crippen LogP contribution in [-0.2, 0) is 29.1 Å². The number of carbonyl (C=O) groups is 1. The first-order valence-electron chi connectivity index (χ1n) is 11.0. The van der Waals surface area contributed by atoms with E-state index in [4.69, 9.17) is 4.98 Å². The Hall–Kier alpha value is -2.55. The second kappa shape index (κ2) is 9.00. The van der Waals surface area contributed by atoms with Gasteiger partial charge in [0.2, 0.25) is 0 Å². The van der Waals surface area contributed by atoms with Crippen molar-refractivity contribution >= 4 is 53.8 Å². The maximum atomic E-state index is 13.7. The summed E-state index contributed by atoms with van der Waals surface area (Å²) in [5, 5.41) is 2.63. The summed E-state index contributed by atoms with van der Waals surface area (Å²) in [6, 6.07) is 15.1. The summed E-state index contributed by atoms with van der Waals surface area (Å²) in [5.74, 6) is -0.0673. The Balaban J connectivity index is 1.52. The van der Waals surface area contributed by atoms with Crippen LogP contribution in [0.25, 0.3) is 10.2 Å². The number of thiazole rings is 1. The van der Waals surface area contributed by atoms with Crippen LogP contribution in [0.5, 0.6) is 0 Å². The van der Waals surface area contributed by atoms with E-state index in [1.807, 2.05) is 23.6 Å². The van der Waals surface area contributed by atoms with E-state index in [0.717, 1.165) is 30.4 Å². The van der Waals surface area contributed by atoms with Crippen molar-refractivity contribution in [2.75, 3.05) is 17.7 Å². The molecule has 1 aliphatic carbocycles. The maximum Gasteiger partial charge on any atom is 0.260 e. The number of aromatic nitrogens is 1. The molecule has 5 rings (SSSR count). The molecule has 2 heterocycles. The van der Waals surface area contributed by atoms with Crippen LogP contribution in [0, 0.1) is 0 Å². The quantitative estimate of drug-likeness (QED) is 0.352. The highest BCUT2D eigenvalue weighted by Crippen LogP contribution is 2.32. The van der Waals surface area contributed by atoms with E-state index < -0.39 is 9.84 Å². The van der Waals surface area contributed by atoms with Crippen molar-refractivity contribution in [2.45, 2.75) is 37.0 Å². The van der Waals surface area contributed by atoms with E-state index in [1.165, 1.54) is 40.0 Å². The molecule has 0 saturated carbocycles. The number of carbonyl (C=O) groups excluding carboxylic acids is 1. The molecule has 0 aliphatic heterocycles. The fourth-order valence-electron chi connectivity index (χ4n) is 4.22. The number of amides is 1. The molecule has 1 aliphatic rings. The van der Waals surface area contributed by atoms with Crippen LogP contribution in [0.3, 0.4) is 0 Å². The molecular weight excluding hydrogens is 472 g/mol. The molecule has 0 N–H and O–H groups in total. The largest absolute Gasteiger partial charge is 0.284 e. The molecule has 0 atom stereocenters. The van der Waals surface area contributed by atoms with Gasteiger partial charge < -0.3 is 0 Å². The molecule has 0 radical (unpaired) electrons. The Bertz CT molecular complexity index is 1420. The standard InChI is InChI=1S/C25H24N2O3S3/c1-33(29,30)21-10-11-22-23(16-21)32-25(26-22)27(13-12-20-7-4-14-31-20)24(28)19-9-8-17-5-2-3-6-18(17)15-19/h4,7-11,14-16H,2-3,5-6,12-13H2,1H3. The zero-order valence-corrected chi connectivity index (χ0v) is 20.7. The highest BCUT2D eigenvalue weighted by Gasteiger charge is 2.23. The summed E-state index contributed by atoms with van der Waals surface area (Å²) in [4.78, 5) is 21.6. The number of anilines is 1. The molecule has 0 spiro atoms. The third kappa shape index (κ3) is 4.74. The summed E-state index contributed by atoms with van der Waals surface area (Å²) in [5.41, 5.74) is 3.99. The summed E-state index contributed by atoms with van der Waals surface area (Å²) >= 11 is 3.03. The smallest absolute Gasteiger partial charge is 0.260 e. The van der Waals surface area contributed by atoms with E-state index >= 15 is 0 Å². The van der Waals surface area contributed by atoms with Gasteiger partial charge in [-0.05, 0) is 85.0 Å². The number of hydrogen-bond acceptors (Lipinski definition) is 6. The lowest BCUT2D eigenvalue weighted by Gasteiger charge is -2.21. The molecular formula is C25H24N2O3S3. The Morgan fingerprint density at radius 3 is 2.64 bits per heavy atom. The lowest BCUT2D eigenvalue weighted by molar-refractivity contribution is 0.0987. The van der Waals surface area contributed by atoms with Crippen molar-refractivity contribution in [2.24, 2.45) is 0 Å². The zero-order chi connectivity index (χ0) is 23.0. The van der Waals surface area contributed by atoms with Gasteiger partial charge in [0.05, 0.1) is 15.1 Å². The Morgan fingerprint density at radius 2 is 1.88 bits per heavy atom. The minimum Gasteiger partial charge on any atom is -0.284 e. The van der Waals surface area contributed by atoms with Gasteiger partial charge in [0.15, 0.2) is 15.0 Å². The molecule has 2 aromatic carbocycles. The molecule has 8 heteroatoms. The zero-order valence-electron chi connectivity index (χ0n) is 18.3. The molecule has 0 fully saturated rings. The number of thiophene rings is 1. The van der Waals surface area contributed by atoms with Gasteiger partial charge in [0.25, 0.3) is 5.91 Å². The van der Waals surface area contributed by atoms with Gasteiger partial charge in [-0.15, -0.1) is 11.3 Å². The normalized spacial score (nSPS) is 13.7. The molecule has 170 valence electrons. The maximum absolute atomic E-state index is 13.7. The van der Waals surface area contributed by atoms with Crippen molar-refractivity contribution in [1.29, 1.82) is 0 Å². The van der Waals surface area contributed by atoms with Gasteiger partial charge in [0, 0.05) is 23.2 Å². The Labute approximate surface area is 201 Å². The van der Waals surface area contributed by atoms with Crippen molar-refractivity contribution in [3.05, 3.63) is 75.5 Å². The second-order valence-electron chi connectivity index (χ2n) is 8.37. The third-order valence-electron chi connectivity index (χ3n) is 6.01. The van der Waals surface area contributed by atoms with E-state index in [2.05, 4.69) is 12.1 Å². The van der Waals surface area contributed by atoms with Crippen LogP contribution < -0.4 is 4.90 Å². The lowest BCUT2D eigenvalue weighted by Crippen LogP contribution is -2.33. The number of benzene rings is 2. The van der Waals surface area contributed by atoms with Crippen molar-refractivity contribution in [3.63, 3.8) is 0 Å². The average molecular weight is 497 g/mol. The average Bonchev–Trinajstić information content (AvgIpc) is 3.47. The first-order chi connectivity index (χ1) is 15.9. The van der Waals surface area contributed by atoms with Crippen LogP contribution in [0.1, 0.15) is 39.2 Å². The number of sulfone groups is 1. The van der Waals surface area contributed by atoms with Gasteiger partial charge in [-0.2, -0.15) is 0 Å². The summed E-state index contributed by atoms with van der Waals surface area (Å²) in [7, 11) is -3.31. The van der Waals surface area contributed by atoms with Crippen molar-refractivity contribution in [3.8, 4) is 0 Å².